The summed E-state index contributed by atoms with van der Waals surface area (Å²) in [6.07, 6.45) is 8.51. The Hall–Kier alpha value is -0.0800. The third kappa shape index (κ3) is 3.18. The summed E-state index contributed by atoms with van der Waals surface area (Å²) >= 11 is 0. The molecule has 1 saturated heterocycles. The zero-order valence-corrected chi connectivity index (χ0v) is 10.2. The van der Waals surface area contributed by atoms with Gasteiger partial charge in [-0.15, -0.1) is 0 Å². The molecule has 0 aromatic carbocycles. The van der Waals surface area contributed by atoms with Crippen LogP contribution in [0.3, 0.4) is 0 Å². The second-order valence-electron chi connectivity index (χ2n) is 5.32. The molecule has 2 nitrogen and oxygen atoms in total. The van der Waals surface area contributed by atoms with E-state index in [1.54, 1.807) is 0 Å². The molecule has 88 valence electrons. The lowest BCUT2D eigenvalue weighted by Crippen LogP contribution is -2.45. The van der Waals surface area contributed by atoms with Gasteiger partial charge in [-0.25, -0.2) is 0 Å². The number of nitrogens with zero attached hydrogens (tertiary/aromatic N) is 1. The van der Waals surface area contributed by atoms with Gasteiger partial charge in [0.1, 0.15) is 0 Å². The minimum Gasteiger partial charge on any atom is -0.317 e. The highest BCUT2D eigenvalue weighted by Crippen LogP contribution is 2.28. The maximum Gasteiger partial charge on any atom is 0.0121 e. The number of hydrogen-bond acceptors (Lipinski definition) is 2. The van der Waals surface area contributed by atoms with Gasteiger partial charge >= 0.3 is 0 Å². The summed E-state index contributed by atoms with van der Waals surface area (Å²) in [7, 11) is 0. The van der Waals surface area contributed by atoms with E-state index in [9.17, 15) is 0 Å². The molecule has 1 N–H and O–H groups in total. The van der Waals surface area contributed by atoms with Crippen molar-refractivity contribution in [3.05, 3.63) is 0 Å². The Bertz CT molecular complexity index is 173. The molecule has 2 unspecified atom stereocenters. The molecule has 0 spiro atoms. The fourth-order valence-electron chi connectivity index (χ4n) is 3.22. The quantitative estimate of drug-likeness (QED) is 0.714. The lowest BCUT2D eigenvalue weighted by Gasteiger charge is -2.39. The number of rotatable bonds is 1. The molecule has 0 aromatic rings. The average molecular weight is 210 g/mol. The predicted molar refractivity (Wildman–Crippen MR) is 65.1 cm³/mol. The van der Waals surface area contributed by atoms with Gasteiger partial charge in [0.05, 0.1) is 0 Å². The lowest BCUT2D eigenvalue weighted by atomic mass is 9.84. The van der Waals surface area contributed by atoms with E-state index in [-0.39, 0.29) is 0 Å². The molecule has 0 amide bonds. The molecule has 2 rings (SSSR count). The minimum absolute atomic E-state index is 0.900. The van der Waals surface area contributed by atoms with E-state index in [2.05, 4.69) is 17.1 Å². The van der Waals surface area contributed by atoms with E-state index < -0.39 is 0 Å². The molecular weight excluding hydrogens is 184 g/mol. The summed E-state index contributed by atoms with van der Waals surface area (Å²) in [5.41, 5.74) is 0. The Balaban J connectivity index is 1.87. The molecule has 2 aliphatic rings. The first-order valence-corrected chi connectivity index (χ1v) is 6.82. The van der Waals surface area contributed by atoms with E-state index in [0.29, 0.717) is 0 Å². The van der Waals surface area contributed by atoms with Crippen molar-refractivity contribution in [2.75, 3.05) is 26.2 Å². The fraction of sp³-hybridized carbons (Fsp3) is 1.00. The molecule has 2 heteroatoms. The van der Waals surface area contributed by atoms with Crippen LogP contribution in [0.25, 0.3) is 0 Å². The van der Waals surface area contributed by atoms with Crippen LogP contribution in [-0.2, 0) is 0 Å². The van der Waals surface area contributed by atoms with Crippen LogP contribution in [0.15, 0.2) is 0 Å². The van der Waals surface area contributed by atoms with Gasteiger partial charge < -0.3 is 10.2 Å². The highest BCUT2D eigenvalue weighted by molar-refractivity contribution is 4.82. The Morgan fingerprint density at radius 2 is 1.60 bits per heavy atom. The SMILES string of the molecule is CC1CCCCC1N1CCCNCCC1. The molecule has 0 aromatic heterocycles. The first-order chi connectivity index (χ1) is 7.38. The molecular formula is C13H26N2. The Morgan fingerprint density at radius 3 is 2.27 bits per heavy atom. The topological polar surface area (TPSA) is 15.3 Å². The lowest BCUT2D eigenvalue weighted by molar-refractivity contribution is 0.105. The molecule has 1 aliphatic heterocycles. The van der Waals surface area contributed by atoms with Crippen LogP contribution >= 0.6 is 0 Å². The van der Waals surface area contributed by atoms with Gasteiger partial charge in [-0.1, -0.05) is 19.8 Å². The molecule has 1 saturated carbocycles. The van der Waals surface area contributed by atoms with Crippen LogP contribution in [-0.4, -0.2) is 37.1 Å². The van der Waals surface area contributed by atoms with Gasteiger partial charge in [-0.05, 0) is 57.8 Å². The smallest absolute Gasteiger partial charge is 0.0121 e. The van der Waals surface area contributed by atoms with Crippen LogP contribution in [0.2, 0.25) is 0 Å². The summed E-state index contributed by atoms with van der Waals surface area (Å²) in [6.45, 7) is 7.54. The van der Waals surface area contributed by atoms with E-state index >= 15 is 0 Å². The van der Waals surface area contributed by atoms with E-state index in [4.69, 9.17) is 0 Å². The third-order valence-electron chi connectivity index (χ3n) is 4.13. The summed E-state index contributed by atoms with van der Waals surface area (Å²) in [5.74, 6) is 0.936. The molecule has 1 aliphatic carbocycles. The van der Waals surface area contributed by atoms with Crippen molar-refractivity contribution in [1.82, 2.24) is 10.2 Å². The normalized spacial score (nSPS) is 35.8. The molecule has 15 heavy (non-hydrogen) atoms. The van der Waals surface area contributed by atoms with Crippen molar-refractivity contribution in [2.24, 2.45) is 5.92 Å². The molecule has 0 radical (unpaired) electrons. The van der Waals surface area contributed by atoms with Gasteiger partial charge in [-0.2, -0.15) is 0 Å². The van der Waals surface area contributed by atoms with Gasteiger partial charge in [-0.3, -0.25) is 0 Å². The van der Waals surface area contributed by atoms with Gasteiger partial charge in [0, 0.05) is 6.04 Å². The van der Waals surface area contributed by atoms with E-state index in [1.165, 1.54) is 64.7 Å². The van der Waals surface area contributed by atoms with E-state index in [1.807, 2.05) is 0 Å². The summed E-state index contributed by atoms with van der Waals surface area (Å²) in [4.78, 5) is 2.78. The molecule has 0 bridgehead atoms. The largest absolute Gasteiger partial charge is 0.317 e. The molecule has 1 heterocycles. The van der Waals surface area contributed by atoms with Crippen molar-refractivity contribution in [2.45, 2.75) is 51.5 Å². The third-order valence-corrected chi connectivity index (χ3v) is 4.13. The van der Waals surface area contributed by atoms with Crippen LogP contribution in [0.1, 0.15) is 45.4 Å². The monoisotopic (exact) mass is 210 g/mol. The van der Waals surface area contributed by atoms with Crippen LogP contribution < -0.4 is 5.32 Å². The van der Waals surface area contributed by atoms with Crippen molar-refractivity contribution < 1.29 is 0 Å². The summed E-state index contributed by atoms with van der Waals surface area (Å²) in [5, 5.41) is 3.50. The second-order valence-corrected chi connectivity index (χ2v) is 5.32. The van der Waals surface area contributed by atoms with Crippen LogP contribution in [0, 0.1) is 5.92 Å². The van der Waals surface area contributed by atoms with Crippen LogP contribution in [0.4, 0.5) is 0 Å². The Kier molecular flexibility index (Phi) is 4.45. The zero-order valence-electron chi connectivity index (χ0n) is 10.2. The predicted octanol–water partition coefficient (Wildman–Crippen LogP) is 2.25. The maximum atomic E-state index is 3.50. The van der Waals surface area contributed by atoms with Crippen molar-refractivity contribution in [3.8, 4) is 0 Å². The van der Waals surface area contributed by atoms with Crippen molar-refractivity contribution in [1.29, 1.82) is 0 Å². The standard InChI is InChI=1S/C13H26N2/c1-12-6-2-3-7-13(12)15-10-4-8-14-9-5-11-15/h12-14H,2-11H2,1H3. The highest BCUT2D eigenvalue weighted by Gasteiger charge is 2.26. The maximum absolute atomic E-state index is 3.50. The van der Waals surface area contributed by atoms with Gasteiger partial charge in [0.25, 0.3) is 0 Å². The summed E-state index contributed by atoms with van der Waals surface area (Å²) < 4.78 is 0. The Morgan fingerprint density at radius 1 is 0.933 bits per heavy atom. The first kappa shape index (κ1) is 11.4. The fourth-order valence-corrected chi connectivity index (χ4v) is 3.22. The highest BCUT2D eigenvalue weighted by atomic mass is 15.2. The minimum atomic E-state index is 0.900. The van der Waals surface area contributed by atoms with Gasteiger partial charge in [0.2, 0.25) is 0 Å². The Labute approximate surface area is 94.4 Å². The number of nitrogens with one attached hydrogen (secondary N) is 1. The zero-order chi connectivity index (χ0) is 10.5. The molecule has 2 fully saturated rings. The van der Waals surface area contributed by atoms with Crippen LogP contribution in [0.5, 0.6) is 0 Å². The molecule has 2 atom stereocenters. The first-order valence-electron chi connectivity index (χ1n) is 6.82. The second kappa shape index (κ2) is 5.86. The van der Waals surface area contributed by atoms with Crippen molar-refractivity contribution in [3.63, 3.8) is 0 Å². The van der Waals surface area contributed by atoms with Crippen molar-refractivity contribution >= 4 is 0 Å². The average Bonchev–Trinajstić information content (AvgIpc) is 2.19. The number of hydrogen-bond donors (Lipinski definition) is 1. The summed E-state index contributed by atoms with van der Waals surface area (Å²) in [6, 6.07) is 0.900. The van der Waals surface area contributed by atoms with E-state index in [0.717, 1.165) is 12.0 Å². The van der Waals surface area contributed by atoms with Gasteiger partial charge in [0.15, 0.2) is 0 Å².